The van der Waals surface area contributed by atoms with Crippen LogP contribution in [0.15, 0.2) is 30.9 Å². The lowest BCUT2D eigenvalue weighted by Gasteiger charge is -2.39. The second-order valence-corrected chi connectivity index (χ2v) is 5.61. The molecular formula is C16H22N2O3. The Morgan fingerprint density at radius 2 is 2.29 bits per heavy atom. The highest BCUT2D eigenvalue weighted by Gasteiger charge is 2.27. The van der Waals surface area contributed by atoms with Crippen LogP contribution < -0.4 is 15.0 Å². The quantitative estimate of drug-likeness (QED) is 0.865. The fourth-order valence-corrected chi connectivity index (χ4v) is 2.40. The van der Waals surface area contributed by atoms with Crippen molar-refractivity contribution in [1.82, 2.24) is 0 Å². The molecule has 1 N–H and O–H groups in total. The first-order valence-corrected chi connectivity index (χ1v) is 6.95. The van der Waals surface area contributed by atoms with Gasteiger partial charge in [0.15, 0.2) is 0 Å². The third kappa shape index (κ3) is 3.76. The summed E-state index contributed by atoms with van der Waals surface area (Å²) < 4.78 is 11.1. The van der Waals surface area contributed by atoms with Crippen molar-refractivity contribution in [2.45, 2.75) is 19.4 Å². The van der Waals surface area contributed by atoms with Crippen LogP contribution in [-0.4, -0.2) is 38.3 Å². The normalized spacial score (nSPS) is 17.2. The number of methoxy groups -OCH3 is 1. The predicted molar refractivity (Wildman–Crippen MR) is 84.1 cm³/mol. The second-order valence-electron chi connectivity index (χ2n) is 5.61. The molecule has 21 heavy (non-hydrogen) atoms. The molecule has 0 spiro atoms. The maximum Gasteiger partial charge on any atom is 0.247 e. The number of carbonyl (C=O) groups excluding carboxylic acids is 1. The van der Waals surface area contributed by atoms with Crippen LogP contribution in [0.4, 0.5) is 11.4 Å². The molecule has 0 bridgehead atoms. The zero-order valence-corrected chi connectivity index (χ0v) is 12.8. The average Bonchev–Trinajstić information content (AvgIpc) is 2.46. The Bertz CT molecular complexity index is 540. The number of hydrogen-bond donors (Lipinski definition) is 1. The maximum atomic E-state index is 11.4. The lowest BCUT2D eigenvalue weighted by molar-refractivity contribution is -0.111. The van der Waals surface area contributed by atoms with E-state index in [2.05, 4.69) is 30.6 Å². The lowest BCUT2D eigenvalue weighted by atomic mass is 10.1. The summed E-state index contributed by atoms with van der Waals surface area (Å²) in [5.74, 6) is 0.376. The third-order valence-electron chi connectivity index (χ3n) is 3.42. The van der Waals surface area contributed by atoms with Crippen LogP contribution >= 0.6 is 0 Å². The first kappa shape index (κ1) is 15.4. The van der Waals surface area contributed by atoms with Crippen molar-refractivity contribution < 1.29 is 14.3 Å². The summed E-state index contributed by atoms with van der Waals surface area (Å²) in [7, 11) is 1.59. The van der Waals surface area contributed by atoms with Gasteiger partial charge in [0.25, 0.3) is 0 Å². The largest absolute Gasteiger partial charge is 0.494 e. The van der Waals surface area contributed by atoms with E-state index in [-0.39, 0.29) is 11.5 Å². The number of hydrogen-bond acceptors (Lipinski definition) is 4. The van der Waals surface area contributed by atoms with E-state index in [0.717, 1.165) is 18.8 Å². The van der Waals surface area contributed by atoms with Gasteiger partial charge in [0.1, 0.15) is 5.75 Å². The van der Waals surface area contributed by atoms with Crippen LogP contribution in [0.2, 0.25) is 0 Å². The number of nitrogens with one attached hydrogen (secondary N) is 1. The Kier molecular flexibility index (Phi) is 4.53. The summed E-state index contributed by atoms with van der Waals surface area (Å²) in [6.07, 6.45) is 1.23. The molecule has 1 aliphatic heterocycles. The van der Waals surface area contributed by atoms with Crippen molar-refractivity contribution in [3.8, 4) is 5.75 Å². The zero-order valence-electron chi connectivity index (χ0n) is 12.8. The summed E-state index contributed by atoms with van der Waals surface area (Å²) in [6.45, 7) is 9.95. The Morgan fingerprint density at radius 1 is 1.52 bits per heavy atom. The number of benzene rings is 1. The molecule has 1 aromatic carbocycles. The van der Waals surface area contributed by atoms with Gasteiger partial charge in [-0.3, -0.25) is 4.79 Å². The molecule has 1 aromatic rings. The fraction of sp³-hybridized carbons (Fsp3) is 0.438. The van der Waals surface area contributed by atoms with Gasteiger partial charge in [0.2, 0.25) is 5.91 Å². The van der Waals surface area contributed by atoms with E-state index in [1.165, 1.54) is 6.08 Å². The van der Waals surface area contributed by atoms with Crippen LogP contribution in [0.1, 0.15) is 13.8 Å². The van der Waals surface area contributed by atoms with Crippen molar-refractivity contribution in [1.29, 1.82) is 0 Å². The van der Waals surface area contributed by atoms with Crippen molar-refractivity contribution in [3.05, 3.63) is 30.9 Å². The molecule has 2 rings (SSSR count). The summed E-state index contributed by atoms with van der Waals surface area (Å²) in [4.78, 5) is 13.7. The molecule has 0 aliphatic carbocycles. The number of carbonyl (C=O) groups is 1. The highest BCUT2D eigenvalue weighted by molar-refractivity contribution is 6.00. The molecular weight excluding hydrogens is 268 g/mol. The number of morpholine rings is 1. The fourth-order valence-electron chi connectivity index (χ4n) is 2.40. The molecule has 0 saturated carbocycles. The molecule has 0 unspecified atom stereocenters. The van der Waals surface area contributed by atoms with Crippen LogP contribution in [0.5, 0.6) is 5.75 Å². The minimum atomic E-state index is -0.256. The molecule has 114 valence electrons. The summed E-state index contributed by atoms with van der Waals surface area (Å²) in [6, 6.07) is 5.75. The minimum Gasteiger partial charge on any atom is -0.494 e. The lowest BCUT2D eigenvalue weighted by Crippen LogP contribution is -2.48. The van der Waals surface area contributed by atoms with Crippen molar-refractivity contribution >= 4 is 17.3 Å². The van der Waals surface area contributed by atoms with Gasteiger partial charge in [0, 0.05) is 24.8 Å². The van der Waals surface area contributed by atoms with Crippen molar-refractivity contribution in [2.24, 2.45) is 0 Å². The number of ether oxygens (including phenoxy) is 2. The van der Waals surface area contributed by atoms with Gasteiger partial charge in [-0.15, -0.1) is 0 Å². The maximum absolute atomic E-state index is 11.4. The predicted octanol–water partition coefficient (Wildman–Crippen LogP) is 2.43. The van der Waals surface area contributed by atoms with E-state index < -0.39 is 0 Å². The highest BCUT2D eigenvalue weighted by Crippen LogP contribution is 2.31. The standard InChI is InChI=1S/C16H22N2O3/c1-5-15(19)17-13-7-6-12(10-14(13)20-4)18-8-9-21-16(2,3)11-18/h5-7,10H,1,8-9,11H2,2-4H3,(H,17,19). The smallest absolute Gasteiger partial charge is 0.247 e. The Labute approximate surface area is 125 Å². The van der Waals surface area contributed by atoms with Crippen molar-refractivity contribution in [3.63, 3.8) is 0 Å². The number of nitrogens with zero attached hydrogens (tertiary/aromatic N) is 1. The molecule has 1 amide bonds. The molecule has 1 saturated heterocycles. The average molecular weight is 290 g/mol. The number of amides is 1. The summed E-state index contributed by atoms with van der Waals surface area (Å²) in [5, 5.41) is 2.73. The highest BCUT2D eigenvalue weighted by atomic mass is 16.5. The van der Waals surface area contributed by atoms with Gasteiger partial charge in [-0.1, -0.05) is 6.58 Å². The first-order valence-electron chi connectivity index (χ1n) is 6.95. The Balaban J connectivity index is 2.22. The van der Waals surface area contributed by atoms with E-state index in [1.807, 2.05) is 18.2 Å². The van der Waals surface area contributed by atoms with E-state index in [1.54, 1.807) is 7.11 Å². The van der Waals surface area contributed by atoms with Gasteiger partial charge >= 0.3 is 0 Å². The molecule has 0 radical (unpaired) electrons. The molecule has 0 atom stereocenters. The van der Waals surface area contributed by atoms with E-state index in [9.17, 15) is 4.79 Å². The third-order valence-corrected chi connectivity index (χ3v) is 3.42. The summed E-state index contributed by atoms with van der Waals surface area (Å²) in [5.41, 5.74) is 1.53. The van der Waals surface area contributed by atoms with Crippen LogP contribution in [0, 0.1) is 0 Å². The van der Waals surface area contributed by atoms with Crippen molar-refractivity contribution in [2.75, 3.05) is 37.0 Å². The van der Waals surface area contributed by atoms with E-state index in [0.29, 0.717) is 18.0 Å². The zero-order chi connectivity index (χ0) is 15.5. The molecule has 5 heteroatoms. The van der Waals surface area contributed by atoms with Gasteiger partial charge in [-0.05, 0) is 32.1 Å². The topological polar surface area (TPSA) is 50.8 Å². The van der Waals surface area contributed by atoms with Gasteiger partial charge in [0.05, 0.1) is 25.0 Å². The van der Waals surface area contributed by atoms with E-state index in [4.69, 9.17) is 9.47 Å². The van der Waals surface area contributed by atoms with Gasteiger partial charge in [-0.25, -0.2) is 0 Å². The molecule has 1 aliphatic rings. The Morgan fingerprint density at radius 3 is 2.90 bits per heavy atom. The van der Waals surface area contributed by atoms with Crippen LogP contribution in [0.25, 0.3) is 0 Å². The first-order chi connectivity index (χ1) is 9.95. The summed E-state index contributed by atoms with van der Waals surface area (Å²) >= 11 is 0. The molecule has 1 fully saturated rings. The van der Waals surface area contributed by atoms with Gasteiger partial charge in [-0.2, -0.15) is 0 Å². The number of rotatable bonds is 4. The Hall–Kier alpha value is -2.01. The molecule has 5 nitrogen and oxygen atoms in total. The van der Waals surface area contributed by atoms with Crippen LogP contribution in [0.3, 0.4) is 0 Å². The van der Waals surface area contributed by atoms with E-state index >= 15 is 0 Å². The molecule has 0 aromatic heterocycles. The monoisotopic (exact) mass is 290 g/mol. The van der Waals surface area contributed by atoms with Crippen LogP contribution in [-0.2, 0) is 9.53 Å². The minimum absolute atomic E-state index is 0.165. The number of anilines is 2. The van der Waals surface area contributed by atoms with Gasteiger partial charge < -0.3 is 19.7 Å². The molecule has 1 heterocycles. The SMILES string of the molecule is C=CC(=O)Nc1ccc(N2CCOC(C)(C)C2)cc1OC. The second kappa shape index (κ2) is 6.18.